The summed E-state index contributed by atoms with van der Waals surface area (Å²) in [5.74, 6) is -1.33. The summed E-state index contributed by atoms with van der Waals surface area (Å²) in [7, 11) is 0. The summed E-state index contributed by atoms with van der Waals surface area (Å²) in [4.78, 5) is 9.02. The number of nitrogens with zero attached hydrogens (tertiary/aromatic N) is 1. The van der Waals surface area contributed by atoms with E-state index in [1.54, 1.807) is 0 Å². The number of alkyl halides is 3. The van der Waals surface area contributed by atoms with Crippen LogP contribution in [0.25, 0.3) is 0 Å². The highest BCUT2D eigenvalue weighted by molar-refractivity contribution is 9.10. The summed E-state index contributed by atoms with van der Waals surface area (Å²) in [5, 5.41) is 10.2. The number of rotatable bonds is 1. The summed E-state index contributed by atoms with van der Waals surface area (Å²) in [6, 6.07) is 0.600. The van der Waals surface area contributed by atoms with Crippen LogP contribution >= 0.6 is 15.9 Å². The second kappa shape index (κ2) is 3.76. The van der Waals surface area contributed by atoms with E-state index in [2.05, 4.69) is 15.9 Å². The van der Waals surface area contributed by atoms with Crippen LogP contribution in [0.15, 0.2) is 16.6 Å². The van der Waals surface area contributed by atoms with Crippen molar-refractivity contribution in [3.05, 3.63) is 38.1 Å². The van der Waals surface area contributed by atoms with E-state index in [0.29, 0.717) is 6.07 Å². The number of halogens is 5. The van der Waals surface area contributed by atoms with Crippen LogP contribution < -0.4 is 0 Å². The molecule has 0 amide bonds. The number of benzene rings is 1. The maximum Gasteiger partial charge on any atom is 0.416 e. The van der Waals surface area contributed by atoms with Crippen molar-refractivity contribution in [3.63, 3.8) is 0 Å². The Kier molecular flexibility index (Phi) is 2.98. The largest absolute Gasteiger partial charge is 0.416 e. The molecular formula is C7H2BrF4NO2. The van der Waals surface area contributed by atoms with Gasteiger partial charge in [0.2, 0.25) is 5.82 Å². The van der Waals surface area contributed by atoms with Crippen molar-refractivity contribution >= 4 is 21.6 Å². The Morgan fingerprint density at radius 3 is 2.27 bits per heavy atom. The Morgan fingerprint density at radius 2 is 1.87 bits per heavy atom. The lowest BCUT2D eigenvalue weighted by Crippen LogP contribution is -2.07. The first-order chi connectivity index (χ1) is 6.73. The predicted molar refractivity (Wildman–Crippen MR) is 45.8 cm³/mol. The maximum absolute atomic E-state index is 13.0. The van der Waals surface area contributed by atoms with Crippen molar-refractivity contribution < 1.29 is 22.5 Å². The van der Waals surface area contributed by atoms with Crippen molar-refractivity contribution in [2.24, 2.45) is 0 Å². The highest BCUT2D eigenvalue weighted by Crippen LogP contribution is 2.35. The van der Waals surface area contributed by atoms with Gasteiger partial charge >= 0.3 is 11.9 Å². The van der Waals surface area contributed by atoms with Gasteiger partial charge in [-0.1, -0.05) is 0 Å². The van der Waals surface area contributed by atoms with Gasteiger partial charge in [-0.15, -0.1) is 0 Å². The molecule has 1 aromatic rings. The summed E-state index contributed by atoms with van der Waals surface area (Å²) in [5.41, 5.74) is -2.49. The molecule has 0 spiro atoms. The zero-order chi connectivity index (χ0) is 11.8. The van der Waals surface area contributed by atoms with Gasteiger partial charge in [-0.05, 0) is 22.0 Å². The first-order valence-electron chi connectivity index (χ1n) is 3.44. The van der Waals surface area contributed by atoms with E-state index >= 15 is 0 Å². The third-order valence-electron chi connectivity index (χ3n) is 1.53. The average Bonchev–Trinajstić information content (AvgIpc) is 2.06. The maximum atomic E-state index is 13.0. The smallest absolute Gasteiger partial charge is 0.258 e. The fourth-order valence-corrected chi connectivity index (χ4v) is 1.32. The zero-order valence-corrected chi connectivity index (χ0v) is 8.39. The summed E-state index contributed by atoms with van der Waals surface area (Å²) < 4.78 is 48.9. The van der Waals surface area contributed by atoms with E-state index in [0.717, 1.165) is 0 Å². The van der Waals surface area contributed by atoms with Crippen molar-refractivity contribution in [1.29, 1.82) is 0 Å². The molecule has 1 rings (SSSR count). The standard InChI is InChI=1S/C7H2BrF4NO2/c8-4-1-3(7(10,11)12)2-5(6(4)9)13(14)15/h1-2H. The second-order valence-corrected chi connectivity index (χ2v) is 3.40. The van der Waals surface area contributed by atoms with Crippen LogP contribution in [-0.4, -0.2) is 4.92 Å². The average molecular weight is 288 g/mol. The molecule has 0 heterocycles. The van der Waals surface area contributed by atoms with Gasteiger partial charge < -0.3 is 0 Å². The molecule has 0 unspecified atom stereocenters. The fourth-order valence-electron chi connectivity index (χ4n) is 0.871. The highest BCUT2D eigenvalue weighted by atomic mass is 79.9. The van der Waals surface area contributed by atoms with Gasteiger partial charge in [0.25, 0.3) is 0 Å². The highest BCUT2D eigenvalue weighted by Gasteiger charge is 2.34. The van der Waals surface area contributed by atoms with Crippen molar-refractivity contribution in [3.8, 4) is 0 Å². The number of hydrogen-bond acceptors (Lipinski definition) is 2. The minimum Gasteiger partial charge on any atom is -0.258 e. The van der Waals surface area contributed by atoms with E-state index in [1.807, 2.05) is 0 Å². The summed E-state index contributed by atoms with van der Waals surface area (Å²) in [6.07, 6.45) is -4.75. The van der Waals surface area contributed by atoms with Crippen LogP contribution in [0.5, 0.6) is 0 Å². The summed E-state index contributed by atoms with van der Waals surface area (Å²) >= 11 is 2.48. The molecule has 0 radical (unpaired) electrons. The van der Waals surface area contributed by atoms with Crippen LogP contribution in [0.1, 0.15) is 5.56 Å². The lowest BCUT2D eigenvalue weighted by atomic mass is 10.2. The lowest BCUT2D eigenvalue weighted by Gasteiger charge is -2.07. The molecule has 82 valence electrons. The molecule has 0 atom stereocenters. The van der Waals surface area contributed by atoms with Gasteiger partial charge in [-0.25, -0.2) is 0 Å². The van der Waals surface area contributed by atoms with Gasteiger partial charge in [-0.3, -0.25) is 10.1 Å². The van der Waals surface area contributed by atoms with Gasteiger partial charge in [0, 0.05) is 6.07 Å². The zero-order valence-electron chi connectivity index (χ0n) is 6.81. The van der Waals surface area contributed by atoms with Crippen molar-refractivity contribution in [1.82, 2.24) is 0 Å². The van der Waals surface area contributed by atoms with Crippen molar-refractivity contribution in [2.75, 3.05) is 0 Å². The van der Waals surface area contributed by atoms with E-state index in [4.69, 9.17) is 0 Å². The monoisotopic (exact) mass is 287 g/mol. The third kappa shape index (κ3) is 2.44. The molecule has 0 N–H and O–H groups in total. The molecule has 0 aliphatic rings. The molecule has 0 aromatic heterocycles. The molecule has 0 fully saturated rings. The SMILES string of the molecule is O=[N+]([O-])c1cc(C(F)(F)F)cc(Br)c1F. The number of hydrogen-bond donors (Lipinski definition) is 0. The normalized spacial score (nSPS) is 11.5. The van der Waals surface area contributed by atoms with Crippen molar-refractivity contribution in [2.45, 2.75) is 6.18 Å². The van der Waals surface area contributed by atoms with E-state index in [9.17, 15) is 27.7 Å². The topological polar surface area (TPSA) is 43.1 Å². The first-order valence-corrected chi connectivity index (χ1v) is 4.23. The Balaban J connectivity index is 3.43. The number of nitro benzene ring substituents is 1. The van der Waals surface area contributed by atoms with Crippen LogP contribution in [0.2, 0.25) is 0 Å². The summed E-state index contributed by atoms with van der Waals surface area (Å²) in [6.45, 7) is 0. The van der Waals surface area contributed by atoms with Gasteiger partial charge in [0.15, 0.2) is 0 Å². The Bertz CT molecular complexity index is 418. The van der Waals surface area contributed by atoms with Crippen LogP contribution in [0, 0.1) is 15.9 Å². The Labute approximate surface area is 89.0 Å². The third-order valence-corrected chi connectivity index (χ3v) is 2.11. The number of nitro groups is 1. The quantitative estimate of drug-likeness (QED) is 0.451. The Hall–Kier alpha value is -1.18. The molecule has 0 aliphatic carbocycles. The van der Waals surface area contributed by atoms with E-state index in [1.165, 1.54) is 0 Å². The first kappa shape index (κ1) is 11.9. The molecular weight excluding hydrogens is 286 g/mol. The molecule has 8 heteroatoms. The van der Waals surface area contributed by atoms with E-state index < -0.39 is 32.6 Å². The van der Waals surface area contributed by atoms with Crippen LogP contribution in [0.3, 0.4) is 0 Å². The molecule has 1 aromatic carbocycles. The molecule has 0 saturated heterocycles. The lowest BCUT2D eigenvalue weighted by molar-refractivity contribution is -0.387. The van der Waals surface area contributed by atoms with Gasteiger partial charge in [-0.2, -0.15) is 17.6 Å². The fraction of sp³-hybridized carbons (Fsp3) is 0.143. The van der Waals surface area contributed by atoms with Gasteiger partial charge in [0.1, 0.15) is 0 Å². The molecule has 0 aliphatic heterocycles. The van der Waals surface area contributed by atoms with Crippen LogP contribution in [-0.2, 0) is 6.18 Å². The molecule has 15 heavy (non-hydrogen) atoms. The molecule has 3 nitrogen and oxygen atoms in total. The second-order valence-electron chi connectivity index (χ2n) is 2.55. The molecule has 0 bridgehead atoms. The van der Waals surface area contributed by atoms with Crippen LogP contribution in [0.4, 0.5) is 23.2 Å². The minimum atomic E-state index is -4.75. The Morgan fingerprint density at radius 1 is 1.33 bits per heavy atom. The van der Waals surface area contributed by atoms with E-state index in [-0.39, 0.29) is 6.07 Å². The predicted octanol–water partition coefficient (Wildman–Crippen LogP) is 3.52. The molecule has 0 saturated carbocycles. The minimum absolute atomic E-state index is 0.153. The van der Waals surface area contributed by atoms with Gasteiger partial charge in [0.05, 0.1) is 15.0 Å².